The van der Waals surface area contributed by atoms with E-state index in [1.165, 1.54) is 16.0 Å². The summed E-state index contributed by atoms with van der Waals surface area (Å²) < 4.78 is 5.34. The molecule has 2 aromatic rings. The first-order valence-corrected chi connectivity index (χ1v) is 7.05. The molecule has 0 spiro atoms. The van der Waals surface area contributed by atoms with Crippen LogP contribution < -0.4 is 10.1 Å². The monoisotopic (exact) mass is 261 g/mol. The molecule has 0 fully saturated rings. The van der Waals surface area contributed by atoms with Crippen molar-refractivity contribution in [2.24, 2.45) is 0 Å². The second kappa shape index (κ2) is 6.57. The Morgan fingerprint density at radius 3 is 2.78 bits per heavy atom. The molecule has 1 aromatic carbocycles. The van der Waals surface area contributed by atoms with E-state index in [0.717, 1.165) is 25.3 Å². The molecule has 0 aliphatic rings. The van der Waals surface area contributed by atoms with Crippen molar-refractivity contribution in [3.8, 4) is 5.75 Å². The van der Waals surface area contributed by atoms with Gasteiger partial charge < -0.3 is 10.1 Å². The van der Waals surface area contributed by atoms with Gasteiger partial charge in [-0.25, -0.2) is 0 Å². The highest BCUT2D eigenvalue weighted by molar-refractivity contribution is 7.10. The number of ether oxygens (including phenoxy) is 1. The summed E-state index contributed by atoms with van der Waals surface area (Å²) in [5.74, 6) is 0.978. The van der Waals surface area contributed by atoms with Crippen LogP contribution in [0, 0.1) is 6.92 Å². The lowest BCUT2D eigenvalue weighted by atomic mass is 10.1. The molecule has 1 aromatic heterocycles. The lowest BCUT2D eigenvalue weighted by Crippen LogP contribution is -2.16. The van der Waals surface area contributed by atoms with E-state index in [9.17, 15) is 0 Å². The molecule has 0 aliphatic heterocycles. The number of hydrogen-bond acceptors (Lipinski definition) is 3. The first kappa shape index (κ1) is 13.1. The van der Waals surface area contributed by atoms with Gasteiger partial charge in [-0.1, -0.05) is 18.2 Å². The number of nitrogens with one attached hydrogen (secondary N) is 1. The minimum Gasteiger partial charge on any atom is -0.496 e. The number of hydrogen-bond donors (Lipinski definition) is 1. The average molecular weight is 261 g/mol. The highest BCUT2D eigenvalue weighted by Crippen LogP contribution is 2.18. The van der Waals surface area contributed by atoms with Crippen LogP contribution >= 0.6 is 11.3 Å². The highest BCUT2D eigenvalue weighted by Gasteiger charge is 2.02. The minimum atomic E-state index is 0.957. The SMILES string of the molecule is COc1ccccc1CCNCc1sccc1C. The number of benzene rings is 1. The smallest absolute Gasteiger partial charge is 0.122 e. The fourth-order valence-electron chi connectivity index (χ4n) is 1.92. The molecule has 0 atom stereocenters. The summed E-state index contributed by atoms with van der Waals surface area (Å²) in [4.78, 5) is 1.43. The number of aryl methyl sites for hydroxylation is 1. The Balaban J connectivity index is 1.80. The molecular formula is C15H19NOS. The fourth-order valence-corrected chi connectivity index (χ4v) is 2.80. The molecule has 0 bridgehead atoms. The van der Waals surface area contributed by atoms with Crippen LogP contribution in [0.1, 0.15) is 16.0 Å². The zero-order valence-electron chi connectivity index (χ0n) is 10.9. The summed E-state index contributed by atoms with van der Waals surface area (Å²) >= 11 is 1.82. The standard InChI is InChI=1S/C15H19NOS/c1-12-8-10-18-15(12)11-16-9-7-13-5-3-4-6-14(13)17-2/h3-6,8,10,16H,7,9,11H2,1-2H3. The maximum absolute atomic E-state index is 5.34. The van der Waals surface area contributed by atoms with Gasteiger partial charge in [0.2, 0.25) is 0 Å². The predicted molar refractivity (Wildman–Crippen MR) is 77.5 cm³/mol. The Bertz CT molecular complexity index is 493. The Kier molecular flexibility index (Phi) is 4.79. The van der Waals surface area contributed by atoms with Crippen molar-refractivity contribution in [1.82, 2.24) is 5.32 Å². The molecule has 18 heavy (non-hydrogen) atoms. The van der Waals surface area contributed by atoms with E-state index in [2.05, 4.69) is 35.8 Å². The normalized spacial score (nSPS) is 10.6. The lowest BCUT2D eigenvalue weighted by Gasteiger charge is -2.08. The topological polar surface area (TPSA) is 21.3 Å². The van der Waals surface area contributed by atoms with Gasteiger partial charge in [-0.15, -0.1) is 11.3 Å². The Hall–Kier alpha value is -1.32. The molecule has 2 rings (SSSR count). The summed E-state index contributed by atoms with van der Waals surface area (Å²) in [5, 5.41) is 5.63. The molecule has 0 unspecified atom stereocenters. The van der Waals surface area contributed by atoms with Gasteiger partial charge in [-0.3, -0.25) is 0 Å². The first-order valence-electron chi connectivity index (χ1n) is 6.17. The maximum atomic E-state index is 5.34. The van der Waals surface area contributed by atoms with Crippen LogP contribution in [0.4, 0.5) is 0 Å². The van der Waals surface area contributed by atoms with Crippen molar-refractivity contribution in [3.05, 3.63) is 51.7 Å². The van der Waals surface area contributed by atoms with Gasteiger partial charge in [0.1, 0.15) is 5.75 Å². The van der Waals surface area contributed by atoms with E-state index < -0.39 is 0 Å². The van der Waals surface area contributed by atoms with Crippen molar-refractivity contribution < 1.29 is 4.74 Å². The van der Waals surface area contributed by atoms with Crippen LogP contribution in [-0.4, -0.2) is 13.7 Å². The zero-order valence-corrected chi connectivity index (χ0v) is 11.7. The predicted octanol–water partition coefficient (Wildman–Crippen LogP) is 3.40. The van der Waals surface area contributed by atoms with Gasteiger partial charge in [0.05, 0.1) is 7.11 Å². The summed E-state index contributed by atoms with van der Waals surface area (Å²) in [6.07, 6.45) is 0.994. The molecule has 0 radical (unpaired) electrons. The second-order valence-corrected chi connectivity index (χ2v) is 5.27. The molecule has 0 saturated heterocycles. The van der Waals surface area contributed by atoms with Crippen LogP contribution in [0.15, 0.2) is 35.7 Å². The van der Waals surface area contributed by atoms with E-state index in [1.54, 1.807) is 7.11 Å². The zero-order chi connectivity index (χ0) is 12.8. The van der Waals surface area contributed by atoms with Crippen LogP contribution in [0.3, 0.4) is 0 Å². The molecule has 1 N–H and O–H groups in total. The Labute approximate surface area is 113 Å². The van der Waals surface area contributed by atoms with Crippen LogP contribution in [0.5, 0.6) is 5.75 Å². The van der Waals surface area contributed by atoms with E-state index >= 15 is 0 Å². The van der Waals surface area contributed by atoms with Crippen LogP contribution in [0.2, 0.25) is 0 Å². The van der Waals surface area contributed by atoms with Crippen molar-refractivity contribution >= 4 is 11.3 Å². The molecular weight excluding hydrogens is 242 g/mol. The average Bonchev–Trinajstić information content (AvgIpc) is 2.81. The number of thiophene rings is 1. The fraction of sp³-hybridized carbons (Fsp3) is 0.333. The van der Waals surface area contributed by atoms with Gasteiger partial charge in [-0.05, 0) is 48.5 Å². The third-order valence-electron chi connectivity index (χ3n) is 3.02. The van der Waals surface area contributed by atoms with Crippen molar-refractivity contribution in [1.29, 1.82) is 0 Å². The summed E-state index contributed by atoms with van der Waals surface area (Å²) in [7, 11) is 1.72. The third-order valence-corrected chi connectivity index (χ3v) is 4.04. The number of rotatable bonds is 6. The molecule has 2 nitrogen and oxygen atoms in total. The second-order valence-electron chi connectivity index (χ2n) is 4.27. The maximum Gasteiger partial charge on any atom is 0.122 e. The molecule has 0 saturated carbocycles. The van der Waals surface area contributed by atoms with Gasteiger partial charge in [-0.2, -0.15) is 0 Å². The van der Waals surface area contributed by atoms with E-state index in [1.807, 2.05) is 23.5 Å². The largest absolute Gasteiger partial charge is 0.496 e. The van der Waals surface area contributed by atoms with E-state index in [-0.39, 0.29) is 0 Å². The summed E-state index contributed by atoms with van der Waals surface area (Å²) in [5.41, 5.74) is 2.64. The van der Waals surface area contributed by atoms with Gasteiger partial charge in [0.25, 0.3) is 0 Å². The quantitative estimate of drug-likeness (QED) is 0.805. The summed E-state index contributed by atoms with van der Waals surface area (Å²) in [6.45, 7) is 4.09. The van der Waals surface area contributed by atoms with Crippen molar-refractivity contribution in [3.63, 3.8) is 0 Å². The first-order chi connectivity index (χ1) is 8.81. The lowest BCUT2D eigenvalue weighted by molar-refractivity contribution is 0.409. The molecule has 0 aliphatic carbocycles. The molecule has 1 heterocycles. The molecule has 96 valence electrons. The third kappa shape index (κ3) is 3.34. The van der Waals surface area contributed by atoms with Gasteiger partial charge in [0.15, 0.2) is 0 Å². The number of methoxy groups -OCH3 is 1. The Morgan fingerprint density at radius 2 is 2.06 bits per heavy atom. The molecule has 3 heteroatoms. The molecule has 0 amide bonds. The van der Waals surface area contributed by atoms with E-state index in [4.69, 9.17) is 4.74 Å². The van der Waals surface area contributed by atoms with Gasteiger partial charge in [0, 0.05) is 11.4 Å². The van der Waals surface area contributed by atoms with Gasteiger partial charge >= 0.3 is 0 Å². The minimum absolute atomic E-state index is 0.957. The van der Waals surface area contributed by atoms with E-state index in [0.29, 0.717) is 0 Å². The van der Waals surface area contributed by atoms with Crippen molar-refractivity contribution in [2.75, 3.05) is 13.7 Å². The highest BCUT2D eigenvalue weighted by atomic mass is 32.1. The van der Waals surface area contributed by atoms with Crippen molar-refractivity contribution in [2.45, 2.75) is 19.9 Å². The Morgan fingerprint density at radius 1 is 1.22 bits per heavy atom. The summed E-state index contributed by atoms with van der Waals surface area (Å²) in [6, 6.07) is 10.4. The van der Waals surface area contributed by atoms with Crippen LogP contribution in [-0.2, 0) is 13.0 Å². The number of para-hydroxylation sites is 1. The van der Waals surface area contributed by atoms with Crippen LogP contribution in [0.25, 0.3) is 0 Å².